The van der Waals surface area contributed by atoms with Gasteiger partial charge in [-0.25, -0.2) is 4.98 Å². The number of H-pyrrole nitrogens is 1. The molecular weight excluding hydrogens is 376 g/mol. The van der Waals surface area contributed by atoms with Gasteiger partial charge in [0.25, 0.3) is 5.56 Å². The molecule has 3 nitrogen and oxygen atoms in total. The monoisotopic (exact) mass is 394 g/mol. The van der Waals surface area contributed by atoms with Crippen LogP contribution in [0.15, 0.2) is 89.0 Å². The maximum Gasteiger partial charge on any atom is 0.260 e. The number of aryl methyl sites for hydroxylation is 1. The standard InChI is InChI=1S/C25H18N2OS/c1-16-7-9-20(10-8-16)23-26-24(28)22-21(15-29-25(22)27-23)19-13-11-18(12-14-19)17-5-3-2-4-6-17/h2-15H,1H3,(H,26,27,28). The highest BCUT2D eigenvalue weighted by Gasteiger charge is 2.14. The Kier molecular flexibility index (Phi) is 4.34. The molecule has 0 aliphatic rings. The third-order valence-corrected chi connectivity index (χ3v) is 5.94. The summed E-state index contributed by atoms with van der Waals surface area (Å²) in [6, 6.07) is 26.6. The number of nitrogens with zero attached hydrogens (tertiary/aromatic N) is 1. The highest BCUT2D eigenvalue weighted by molar-refractivity contribution is 7.17. The second kappa shape index (κ2) is 7.15. The van der Waals surface area contributed by atoms with Crippen molar-refractivity contribution in [3.8, 4) is 33.6 Å². The molecule has 5 aromatic rings. The SMILES string of the molecule is Cc1ccc(-c2nc3scc(-c4ccc(-c5ccccc5)cc4)c3c(=O)[nH]2)cc1. The lowest BCUT2D eigenvalue weighted by Gasteiger charge is -2.05. The van der Waals surface area contributed by atoms with E-state index in [4.69, 9.17) is 4.98 Å². The van der Waals surface area contributed by atoms with Crippen molar-refractivity contribution in [3.63, 3.8) is 0 Å². The van der Waals surface area contributed by atoms with Crippen molar-refractivity contribution < 1.29 is 0 Å². The lowest BCUT2D eigenvalue weighted by atomic mass is 10.0. The fourth-order valence-electron chi connectivity index (χ4n) is 3.48. The third kappa shape index (κ3) is 3.28. The Morgan fingerprint density at radius 3 is 2.10 bits per heavy atom. The van der Waals surface area contributed by atoms with Crippen molar-refractivity contribution in [1.82, 2.24) is 9.97 Å². The van der Waals surface area contributed by atoms with E-state index in [0.717, 1.165) is 27.1 Å². The van der Waals surface area contributed by atoms with Gasteiger partial charge in [-0.15, -0.1) is 11.3 Å². The Labute approximate surface area is 172 Å². The van der Waals surface area contributed by atoms with E-state index in [1.54, 1.807) is 0 Å². The first kappa shape index (κ1) is 17.6. The van der Waals surface area contributed by atoms with E-state index in [2.05, 4.69) is 41.4 Å². The van der Waals surface area contributed by atoms with E-state index in [-0.39, 0.29) is 5.56 Å². The van der Waals surface area contributed by atoms with Crippen molar-refractivity contribution in [2.75, 3.05) is 0 Å². The number of hydrogen-bond donors (Lipinski definition) is 1. The quantitative estimate of drug-likeness (QED) is 0.391. The topological polar surface area (TPSA) is 45.8 Å². The number of nitrogens with one attached hydrogen (secondary N) is 1. The molecule has 0 radical (unpaired) electrons. The second-order valence-corrected chi connectivity index (χ2v) is 7.91. The zero-order chi connectivity index (χ0) is 19.8. The van der Waals surface area contributed by atoms with Gasteiger partial charge in [-0.05, 0) is 23.6 Å². The van der Waals surface area contributed by atoms with Crippen LogP contribution in [0.2, 0.25) is 0 Å². The fourth-order valence-corrected chi connectivity index (χ4v) is 4.43. The van der Waals surface area contributed by atoms with Crippen LogP contribution in [-0.2, 0) is 0 Å². The molecular formula is C25H18N2OS. The van der Waals surface area contributed by atoms with Crippen LogP contribution in [0.4, 0.5) is 0 Å². The minimum absolute atomic E-state index is 0.103. The number of fused-ring (bicyclic) bond motifs is 1. The van der Waals surface area contributed by atoms with Crippen molar-refractivity contribution in [3.05, 3.63) is 100 Å². The summed E-state index contributed by atoms with van der Waals surface area (Å²) in [6.07, 6.45) is 0. The molecule has 140 valence electrons. The van der Waals surface area contributed by atoms with Crippen molar-refractivity contribution in [2.45, 2.75) is 6.92 Å². The summed E-state index contributed by atoms with van der Waals surface area (Å²) >= 11 is 1.50. The highest BCUT2D eigenvalue weighted by atomic mass is 32.1. The van der Waals surface area contributed by atoms with Gasteiger partial charge in [0.15, 0.2) is 0 Å². The fraction of sp³-hybridized carbons (Fsp3) is 0.0400. The van der Waals surface area contributed by atoms with E-state index in [1.165, 1.54) is 22.5 Å². The number of thiophene rings is 1. The summed E-state index contributed by atoms with van der Waals surface area (Å²) in [6.45, 7) is 2.04. The Balaban J connectivity index is 1.56. The van der Waals surface area contributed by atoms with Gasteiger partial charge >= 0.3 is 0 Å². The predicted octanol–water partition coefficient (Wildman–Crippen LogP) is 6.29. The van der Waals surface area contributed by atoms with Gasteiger partial charge in [-0.3, -0.25) is 4.79 Å². The van der Waals surface area contributed by atoms with Crippen molar-refractivity contribution in [2.24, 2.45) is 0 Å². The normalized spacial score (nSPS) is 11.1. The van der Waals surface area contributed by atoms with Crippen LogP contribution in [0.5, 0.6) is 0 Å². The van der Waals surface area contributed by atoms with E-state index >= 15 is 0 Å². The second-order valence-electron chi connectivity index (χ2n) is 7.05. The van der Waals surface area contributed by atoms with Gasteiger partial charge in [-0.1, -0.05) is 84.4 Å². The molecule has 0 aliphatic carbocycles. The van der Waals surface area contributed by atoms with Gasteiger partial charge in [0.05, 0.1) is 5.39 Å². The summed E-state index contributed by atoms with van der Waals surface area (Å²) in [4.78, 5) is 21.3. The number of aromatic amines is 1. The molecule has 0 fully saturated rings. The summed E-state index contributed by atoms with van der Waals surface area (Å²) in [7, 11) is 0. The average Bonchev–Trinajstić information content (AvgIpc) is 3.20. The first-order valence-electron chi connectivity index (χ1n) is 9.43. The van der Waals surface area contributed by atoms with Crippen molar-refractivity contribution in [1.29, 1.82) is 0 Å². The van der Waals surface area contributed by atoms with Crippen LogP contribution in [0, 0.1) is 6.92 Å². The molecule has 3 aromatic carbocycles. The van der Waals surface area contributed by atoms with E-state index in [1.807, 2.05) is 54.8 Å². The summed E-state index contributed by atoms with van der Waals surface area (Å²) in [5.74, 6) is 0.607. The molecule has 0 saturated carbocycles. The number of hydrogen-bond acceptors (Lipinski definition) is 3. The summed E-state index contributed by atoms with van der Waals surface area (Å²) in [5, 5.41) is 2.67. The van der Waals surface area contributed by atoms with E-state index in [9.17, 15) is 4.79 Å². The van der Waals surface area contributed by atoms with Crippen LogP contribution in [0.1, 0.15) is 5.56 Å². The molecule has 29 heavy (non-hydrogen) atoms. The van der Waals surface area contributed by atoms with Crippen LogP contribution < -0.4 is 5.56 Å². The lowest BCUT2D eigenvalue weighted by molar-refractivity contribution is 1.19. The molecule has 0 saturated heterocycles. The van der Waals surface area contributed by atoms with Gasteiger partial charge in [-0.2, -0.15) is 0 Å². The number of aromatic nitrogens is 2. The van der Waals surface area contributed by atoms with Gasteiger partial charge in [0.1, 0.15) is 10.7 Å². The summed E-state index contributed by atoms with van der Waals surface area (Å²) in [5.41, 5.74) is 6.26. The molecule has 0 unspecified atom stereocenters. The molecule has 2 aromatic heterocycles. The largest absolute Gasteiger partial charge is 0.306 e. The van der Waals surface area contributed by atoms with E-state index < -0.39 is 0 Å². The first-order chi connectivity index (χ1) is 14.2. The summed E-state index contributed by atoms with van der Waals surface area (Å²) < 4.78 is 0. The molecule has 2 heterocycles. The van der Waals surface area contributed by atoms with Crippen LogP contribution in [0.3, 0.4) is 0 Å². The maximum atomic E-state index is 12.9. The number of benzene rings is 3. The number of rotatable bonds is 3. The molecule has 4 heteroatoms. The van der Waals surface area contributed by atoms with Crippen LogP contribution in [0.25, 0.3) is 43.9 Å². The van der Waals surface area contributed by atoms with Crippen LogP contribution >= 0.6 is 11.3 Å². The van der Waals surface area contributed by atoms with Gasteiger partial charge < -0.3 is 4.98 Å². The van der Waals surface area contributed by atoms with Gasteiger partial charge in [0.2, 0.25) is 0 Å². The third-order valence-electron chi connectivity index (χ3n) is 5.07. The molecule has 5 rings (SSSR count). The minimum Gasteiger partial charge on any atom is -0.306 e. The molecule has 0 bridgehead atoms. The van der Waals surface area contributed by atoms with Crippen molar-refractivity contribution >= 4 is 21.6 Å². The molecule has 0 amide bonds. The first-order valence-corrected chi connectivity index (χ1v) is 10.3. The Morgan fingerprint density at radius 1 is 0.759 bits per heavy atom. The van der Waals surface area contributed by atoms with Crippen LogP contribution in [-0.4, -0.2) is 9.97 Å². The van der Waals surface area contributed by atoms with E-state index in [0.29, 0.717) is 11.2 Å². The lowest BCUT2D eigenvalue weighted by Crippen LogP contribution is -2.09. The average molecular weight is 394 g/mol. The predicted molar refractivity (Wildman–Crippen MR) is 121 cm³/mol. The zero-order valence-corrected chi connectivity index (χ0v) is 16.7. The molecule has 0 atom stereocenters. The maximum absolute atomic E-state index is 12.9. The molecule has 0 spiro atoms. The Bertz CT molecular complexity index is 1350. The zero-order valence-electron chi connectivity index (χ0n) is 15.8. The Morgan fingerprint density at radius 2 is 1.38 bits per heavy atom. The van der Waals surface area contributed by atoms with Gasteiger partial charge in [0, 0.05) is 16.5 Å². The minimum atomic E-state index is -0.103. The smallest absolute Gasteiger partial charge is 0.260 e. The Hall–Kier alpha value is -3.50. The molecule has 1 N–H and O–H groups in total. The molecule has 0 aliphatic heterocycles. The highest BCUT2D eigenvalue weighted by Crippen LogP contribution is 2.33.